The van der Waals surface area contributed by atoms with Gasteiger partial charge in [-0.25, -0.2) is 35.3 Å². The Labute approximate surface area is 734 Å². The molecule has 0 aromatic heterocycles. The van der Waals surface area contributed by atoms with E-state index in [1.54, 1.807) is 25.1 Å². The predicted molar refractivity (Wildman–Crippen MR) is 433 cm³/mol. The number of sulfonamides is 3. The number of ether oxygens (including phenoxy) is 3. The Kier molecular flexibility index (Phi) is 35.1. The number of rotatable bonds is 20. The van der Waals surface area contributed by atoms with Crippen molar-refractivity contribution in [3.8, 4) is 41.7 Å². The van der Waals surface area contributed by atoms with E-state index < -0.39 is 107 Å². The van der Waals surface area contributed by atoms with Gasteiger partial charge in [-0.1, -0.05) is 103 Å². The molecule has 5 N–H and O–H groups in total. The van der Waals surface area contributed by atoms with E-state index in [9.17, 15) is 83.9 Å². The van der Waals surface area contributed by atoms with Gasteiger partial charge in [0, 0.05) is 101 Å². The third-order valence-corrected chi connectivity index (χ3v) is 24.9. The molecule has 12 rings (SSSR count). The second-order valence-corrected chi connectivity index (χ2v) is 33.8. The molecule has 648 valence electrons. The van der Waals surface area contributed by atoms with Crippen molar-refractivity contribution in [2.45, 2.75) is 128 Å². The molecule has 6 aromatic rings. The Bertz CT molecular complexity index is 5610. The van der Waals surface area contributed by atoms with E-state index in [0.717, 1.165) is 85.1 Å². The fourth-order valence-corrected chi connectivity index (χ4v) is 16.7. The van der Waals surface area contributed by atoms with Crippen LogP contribution in [0.5, 0.6) is 17.2 Å². The number of benzene rings is 6. The number of amidine groups is 3. The number of halogens is 10. The standard InChI is InChI=1S/C26H25F3N6O5S.C26H25F3N4O4S.C16H16F3N3O4S.C10H10BrN.CHNO.CH4.Na/c1-17-15-20(35(13-10-30)24(31)37)6-5-18(17)7-14-41(38,39)34-11-8-25(9-12-34)23(36)32-22(33-25)19-3-2-4-21(16-19)40-26(27,28)29;1-18-16-19(4-3-12-30)7-8-20(18)9-15-38(35,36)33-13-10-25(11-14-33)24(34)31-23(32-25)21-5-2-6-22(17-21)37-26(27,28)29;1-2-27(24,25)22-8-6-15(7-9-22)14(23)20-13(21-15)11-4-3-5-12(10-11)26-16(17,18)19;1-8-7-9(3-2-6-12)4-5-10(8)11;2-1-3;;/h2-7,14-16H,8-9,11-13H2,1H3,(H2,31,37)(H,32,33,36);2,5-9,15-17H,3-4,10-11,13-14H2,1H3,(H,31,32,34);2-5,10H,1,6-9H2,(H,20,21,23);4-5,7H,2-3H2,1H3;3H;1H4;/q;;;;;;+1/p-1/b14-7+;15-9+;;;;;. The fraction of sp³-hybridized carbons (Fsp3) is 0.338. The molecule has 6 aliphatic rings. The average molecular weight is 1850 g/mol. The van der Waals surface area contributed by atoms with Gasteiger partial charge in [0.05, 0.1) is 18.2 Å². The fourth-order valence-electron chi connectivity index (χ4n) is 13.2. The zero-order chi connectivity index (χ0) is 89.1. The van der Waals surface area contributed by atoms with Crippen molar-refractivity contribution in [3.63, 3.8) is 0 Å². The number of aryl methyl sites for hydroxylation is 5. The second kappa shape index (κ2) is 42.9. The summed E-state index contributed by atoms with van der Waals surface area (Å²) >= 11 is 3.43. The number of hydrogen-bond acceptors (Lipinski definition) is 21. The van der Waals surface area contributed by atoms with Crippen LogP contribution in [0.1, 0.15) is 114 Å². The minimum absolute atomic E-state index is 0. The quantitative estimate of drug-likeness (QED) is 0.0241. The number of nitrogens with two attached hydrogens (primary N) is 1. The molecular weight excluding hydrogens is 1770 g/mol. The first-order valence-electron chi connectivity index (χ1n) is 36.3. The molecule has 6 heterocycles. The third kappa shape index (κ3) is 27.7. The van der Waals surface area contributed by atoms with Crippen LogP contribution in [0.2, 0.25) is 0 Å². The molecule has 0 aliphatic carbocycles. The van der Waals surface area contributed by atoms with Crippen molar-refractivity contribution in [2.24, 2.45) is 20.7 Å². The number of nitrogens with zero attached hydrogens (tertiary/aromatic N) is 11. The van der Waals surface area contributed by atoms with E-state index in [4.69, 9.17) is 31.9 Å². The summed E-state index contributed by atoms with van der Waals surface area (Å²) in [4.78, 5) is 64.1. The molecule has 6 aromatic carbocycles. The summed E-state index contributed by atoms with van der Waals surface area (Å²) in [6.07, 6.45) is -7.92. The number of alkyl halides is 9. The van der Waals surface area contributed by atoms with Crippen molar-refractivity contribution in [2.75, 3.05) is 50.7 Å². The number of urea groups is 1. The summed E-state index contributed by atoms with van der Waals surface area (Å²) < 4.78 is 205. The van der Waals surface area contributed by atoms with Crippen molar-refractivity contribution in [3.05, 3.63) is 210 Å². The Hall–Kier alpha value is -11.0. The SMILES string of the molecule is C.C=CS(=O)(=O)N1CCC2(CC1)N=C(c1cccc(OC(F)(F)F)c1)NC2=O.Cc1cc(CCC#N)ccc1/C=C/S(=O)(=O)N1CCC2(CC1)N=C(c1cccc(OC(F)(F)F)c1)NC2=O.Cc1cc(CCC#N)ccc1Br.Cc1cc(N(CC#N)C(N)=O)ccc1/C=C/S(=O)(=O)N1CCC2(CC1)N=C(c1cccc(OC(F)(F)F)c1)NC2=O.N#C[O-].[Na+]. The summed E-state index contributed by atoms with van der Waals surface area (Å²) in [7, 11) is -11.2. The van der Waals surface area contributed by atoms with Crippen LogP contribution in [0.4, 0.5) is 50.0 Å². The van der Waals surface area contributed by atoms with Gasteiger partial charge >= 0.3 is 54.7 Å². The number of piperidine rings is 3. The maximum Gasteiger partial charge on any atom is 1.00 e. The van der Waals surface area contributed by atoms with Gasteiger partial charge < -0.3 is 41.0 Å². The van der Waals surface area contributed by atoms with E-state index in [0.29, 0.717) is 42.3 Å². The molecule has 29 nitrogen and oxygen atoms in total. The largest absolute Gasteiger partial charge is 1.00 e. The number of anilines is 1. The molecule has 3 spiro atoms. The number of hydrogen-bond donors (Lipinski definition) is 4. The Morgan fingerprint density at radius 1 is 0.537 bits per heavy atom. The van der Waals surface area contributed by atoms with Crippen LogP contribution in [0.15, 0.2) is 170 Å². The molecule has 0 atom stereocenters. The number of amides is 5. The van der Waals surface area contributed by atoms with Gasteiger partial charge in [0.1, 0.15) is 57.9 Å². The topological polar surface area (TPSA) is 429 Å². The van der Waals surface area contributed by atoms with Crippen LogP contribution in [0.3, 0.4) is 0 Å². The van der Waals surface area contributed by atoms with Gasteiger partial charge in [0.15, 0.2) is 0 Å². The van der Waals surface area contributed by atoms with Crippen LogP contribution in [-0.2, 0) is 57.3 Å². The Morgan fingerprint density at radius 3 is 1.16 bits per heavy atom. The minimum Gasteiger partial charge on any atom is -0.812 e. The van der Waals surface area contributed by atoms with E-state index >= 15 is 0 Å². The van der Waals surface area contributed by atoms with Gasteiger partial charge in [0.2, 0.25) is 30.1 Å². The summed E-state index contributed by atoms with van der Waals surface area (Å²) in [5.41, 5.74) is 9.18. The first-order valence-corrected chi connectivity index (χ1v) is 41.6. The third-order valence-electron chi connectivity index (χ3n) is 19.4. The van der Waals surface area contributed by atoms with Gasteiger partial charge in [0.25, 0.3) is 17.7 Å². The molecule has 0 radical (unpaired) electrons. The smallest absolute Gasteiger partial charge is 0.812 e. The Morgan fingerprint density at radius 2 is 0.862 bits per heavy atom. The first kappa shape index (κ1) is 101. The second-order valence-electron chi connectivity index (χ2n) is 27.5. The molecule has 0 bridgehead atoms. The molecule has 3 saturated heterocycles. The number of aliphatic imine (C=N–C) groups is 3. The first-order chi connectivity index (χ1) is 56.8. The molecule has 43 heteroatoms. The summed E-state index contributed by atoms with van der Waals surface area (Å²) in [5.74, 6) is -2.28. The summed E-state index contributed by atoms with van der Waals surface area (Å²) in [6, 6.07) is 37.2. The predicted octanol–water partition coefficient (Wildman–Crippen LogP) is 8.53. The van der Waals surface area contributed by atoms with Crippen LogP contribution >= 0.6 is 15.9 Å². The molecule has 5 amide bonds. The number of carbonyl (C=O) groups is 4. The maximum absolute atomic E-state index is 13.0. The van der Waals surface area contributed by atoms with E-state index in [1.807, 2.05) is 37.3 Å². The van der Waals surface area contributed by atoms with Crippen molar-refractivity contribution in [1.29, 1.82) is 21.0 Å². The van der Waals surface area contributed by atoms with Crippen LogP contribution in [0, 0.1) is 66.3 Å². The number of carbonyl (C=O) groups excluding carboxylic acids is 4. The maximum atomic E-state index is 13.0. The number of nitriles is 4. The van der Waals surface area contributed by atoms with Crippen molar-refractivity contribution >= 4 is 105 Å². The zero-order valence-corrected chi connectivity index (χ0v) is 71.5. The monoisotopic (exact) mass is 1840 g/mol. The zero-order valence-electron chi connectivity index (χ0n) is 65.5. The van der Waals surface area contributed by atoms with E-state index in [2.05, 4.69) is 98.8 Å². The van der Waals surface area contributed by atoms with Gasteiger partial charge in [-0.05, 0) is 178 Å². The van der Waals surface area contributed by atoms with Crippen molar-refractivity contribution < 1.29 is 133 Å². The normalized spacial score (nSPS) is 16.7. The van der Waals surface area contributed by atoms with Crippen LogP contribution < -0.4 is 75.5 Å². The average Bonchev–Trinajstić information content (AvgIpc) is 1.64. The molecule has 123 heavy (non-hydrogen) atoms. The molecule has 0 unspecified atom stereocenters. The van der Waals surface area contributed by atoms with Crippen LogP contribution in [-0.4, -0.2) is 161 Å². The summed E-state index contributed by atoms with van der Waals surface area (Å²) in [5, 5.41) is 51.9. The minimum atomic E-state index is -4.88. The Balaban J connectivity index is 0.000000264. The molecule has 6 aliphatic heterocycles. The van der Waals surface area contributed by atoms with Gasteiger partial charge in [-0.2, -0.15) is 28.7 Å². The number of nitrogens with one attached hydrogen (secondary N) is 3. The molecule has 3 fully saturated rings. The van der Waals surface area contributed by atoms with E-state index in [1.165, 1.54) is 72.6 Å². The van der Waals surface area contributed by atoms with Crippen molar-refractivity contribution in [1.82, 2.24) is 28.9 Å². The van der Waals surface area contributed by atoms with Gasteiger partial charge in [-0.15, -0.1) is 39.5 Å². The molecule has 0 saturated carbocycles. The number of primary amides is 1. The summed E-state index contributed by atoms with van der Waals surface area (Å²) in [6.45, 7) is 8.95. The van der Waals surface area contributed by atoms with E-state index in [-0.39, 0.29) is 156 Å². The van der Waals surface area contributed by atoms with Gasteiger partial charge in [-0.3, -0.25) is 34.3 Å². The molecular formula is C80H80BrF9N15NaO14S3. The van der Waals surface area contributed by atoms with Crippen LogP contribution in [0.25, 0.3) is 12.2 Å².